The summed E-state index contributed by atoms with van der Waals surface area (Å²) >= 11 is 0. The summed E-state index contributed by atoms with van der Waals surface area (Å²) in [7, 11) is 0. The molecule has 0 aliphatic carbocycles. The Morgan fingerprint density at radius 1 is 1.00 bits per heavy atom. The van der Waals surface area contributed by atoms with Crippen molar-refractivity contribution in [2.45, 2.75) is 18.5 Å². The van der Waals surface area contributed by atoms with Crippen LogP contribution in [-0.2, 0) is 10.3 Å². The molecule has 2 atom stereocenters. The van der Waals surface area contributed by atoms with E-state index in [4.69, 9.17) is 5.73 Å². The quantitative estimate of drug-likeness (QED) is 0.833. The second-order valence-corrected chi connectivity index (χ2v) is 5.00. The standard InChI is InChI=1S/C16H16N2O/c1-16(12-8-4-2-5-9-12)14(17)15(19)18(16)13-10-6-3-7-11-13/h2-11,14H,17H2,1H3/t14-,16+/m0/s1. The van der Waals surface area contributed by atoms with E-state index in [1.54, 1.807) is 4.90 Å². The van der Waals surface area contributed by atoms with E-state index in [-0.39, 0.29) is 5.91 Å². The Balaban J connectivity index is 2.07. The third-order valence-electron chi connectivity index (χ3n) is 3.93. The molecule has 0 spiro atoms. The van der Waals surface area contributed by atoms with Gasteiger partial charge in [0, 0.05) is 5.69 Å². The van der Waals surface area contributed by atoms with E-state index in [0.29, 0.717) is 0 Å². The number of nitrogens with zero attached hydrogens (tertiary/aromatic N) is 1. The van der Waals surface area contributed by atoms with E-state index in [1.165, 1.54) is 0 Å². The van der Waals surface area contributed by atoms with E-state index in [2.05, 4.69) is 0 Å². The van der Waals surface area contributed by atoms with E-state index >= 15 is 0 Å². The molecule has 0 radical (unpaired) electrons. The molecule has 3 heteroatoms. The second-order valence-electron chi connectivity index (χ2n) is 5.00. The maximum absolute atomic E-state index is 12.2. The first kappa shape index (κ1) is 11.9. The molecule has 3 rings (SSSR count). The third kappa shape index (κ3) is 1.59. The Hall–Kier alpha value is -2.13. The average molecular weight is 252 g/mol. The van der Waals surface area contributed by atoms with Crippen LogP contribution in [0, 0.1) is 0 Å². The second kappa shape index (κ2) is 4.21. The van der Waals surface area contributed by atoms with Crippen molar-refractivity contribution in [1.82, 2.24) is 0 Å². The van der Waals surface area contributed by atoms with Crippen LogP contribution < -0.4 is 10.6 Å². The van der Waals surface area contributed by atoms with Crippen molar-refractivity contribution >= 4 is 11.6 Å². The van der Waals surface area contributed by atoms with E-state index in [9.17, 15) is 4.79 Å². The SMILES string of the molecule is C[C@@]1(c2ccccc2)[C@@H](N)C(=O)N1c1ccccc1. The van der Waals surface area contributed by atoms with Gasteiger partial charge in [0.1, 0.15) is 6.04 Å². The molecule has 1 saturated heterocycles. The Kier molecular flexibility index (Phi) is 2.64. The highest BCUT2D eigenvalue weighted by Crippen LogP contribution is 2.43. The molecular weight excluding hydrogens is 236 g/mol. The number of anilines is 1. The first-order valence-electron chi connectivity index (χ1n) is 6.36. The number of hydrogen-bond donors (Lipinski definition) is 1. The van der Waals surface area contributed by atoms with Crippen LogP contribution in [0.25, 0.3) is 0 Å². The Labute approximate surface area is 112 Å². The number of carbonyl (C=O) groups excluding carboxylic acids is 1. The highest BCUT2D eigenvalue weighted by Gasteiger charge is 2.56. The molecule has 19 heavy (non-hydrogen) atoms. The van der Waals surface area contributed by atoms with Crippen molar-refractivity contribution in [3.63, 3.8) is 0 Å². The van der Waals surface area contributed by atoms with Crippen LogP contribution >= 0.6 is 0 Å². The minimum absolute atomic E-state index is 0.0300. The van der Waals surface area contributed by atoms with Crippen LogP contribution in [0.2, 0.25) is 0 Å². The fourth-order valence-electron chi connectivity index (χ4n) is 2.74. The van der Waals surface area contributed by atoms with Crippen molar-refractivity contribution in [2.75, 3.05) is 4.90 Å². The van der Waals surface area contributed by atoms with Crippen molar-refractivity contribution in [3.05, 3.63) is 66.2 Å². The lowest BCUT2D eigenvalue weighted by Crippen LogP contribution is -2.74. The zero-order valence-electron chi connectivity index (χ0n) is 10.8. The Morgan fingerprint density at radius 2 is 1.53 bits per heavy atom. The molecule has 1 aliphatic heterocycles. The number of benzene rings is 2. The molecule has 0 saturated carbocycles. The Bertz CT molecular complexity index is 597. The van der Waals surface area contributed by atoms with Gasteiger partial charge in [-0.2, -0.15) is 0 Å². The van der Waals surface area contributed by atoms with Gasteiger partial charge >= 0.3 is 0 Å². The molecule has 0 aromatic heterocycles. The summed E-state index contributed by atoms with van der Waals surface area (Å²) in [5, 5.41) is 0. The minimum Gasteiger partial charge on any atom is -0.318 e. The van der Waals surface area contributed by atoms with Crippen LogP contribution in [0.5, 0.6) is 0 Å². The van der Waals surface area contributed by atoms with Crippen molar-refractivity contribution in [1.29, 1.82) is 0 Å². The average Bonchev–Trinajstić information content (AvgIpc) is 2.48. The third-order valence-corrected chi connectivity index (χ3v) is 3.93. The number of amides is 1. The van der Waals surface area contributed by atoms with E-state index < -0.39 is 11.6 Å². The van der Waals surface area contributed by atoms with Crippen LogP contribution in [0.4, 0.5) is 5.69 Å². The van der Waals surface area contributed by atoms with Gasteiger partial charge in [-0.3, -0.25) is 9.69 Å². The molecule has 0 bridgehead atoms. The van der Waals surface area contributed by atoms with Gasteiger partial charge in [-0.15, -0.1) is 0 Å². The number of carbonyl (C=O) groups is 1. The summed E-state index contributed by atoms with van der Waals surface area (Å²) < 4.78 is 0. The summed E-state index contributed by atoms with van der Waals surface area (Å²) in [5.74, 6) is -0.0300. The van der Waals surface area contributed by atoms with Crippen molar-refractivity contribution < 1.29 is 4.79 Å². The van der Waals surface area contributed by atoms with Gasteiger partial charge in [0.25, 0.3) is 0 Å². The fourth-order valence-corrected chi connectivity index (χ4v) is 2.74. The highest BCUT2D eigenvalue weighted by molar-refractivity contribution is 6.07. The monoisotopic (exact) mass is 252 g/mol. The first-order valence-corrected chi connectivity index (χ1v) is 6.36. The van der Waals surface area contributed by atoms with Crippen LogP contribution in [-0.4, -0.2) is 11.9 Å². The number of hydrogen-bond acceptors (Lipinski definition) is 2. The molecule has 2 aromatic rings. The molecule has 2 N–H and O–H groups in total. The van der Waals surface area contributed by atoms with Gasteiger partial charge in [-0.05, 0) is 24.6 Å². The van der Waals surface area contributed by atoms with Crippen molar-refractivity contribution in [3.8, 4) is 0 Å². The molecule has 1 fully saturated rings. The van der Waals surface area contributed by atoms with Gasteiger partial charge in [0.05, 0.1) is 5.54 Å². The topological polar surface area (TPSA) is 46.3 Å². The molecular formula is C16H16N2O. The van der Waals surface area contributed by atoms with Crippen LogP contribution in [0.15, 0.2) is 60.7 Å². The van der Waals surface area contributed by atoms with Crippen molar-refractivity contribution in [2.24, 2.45) is 5.73 Å². The van der Waals surface area contributed by atoms with Gasteiger partial charge in [0.2, 0.25) is 5.91 Å². The molecule has 96 valence electrons. The Morgan fingerprint density at radius 3 is 2.11 bits per heavy atom. The lowest BCUT2D eigenvalue weighted by molar-refractivity contribution is -0.129. The summed E-state index contributed by atoms with van der Waals surface area (Å²) in [6.45, 7) is 2.02. The minimum atomic E-state index is -0.491. The van der Waals surface area contributed by atoms with Gasteiger partial charge < -0.3 is 5.73 Å². The molecule has 2 aromatic carbocycles. The lowest BCUT2D eigenvalue weighted by Gasteiger charge is -2.54. The predicted octanol–water partition coefficient (Wildman–Crippen LogP) is 2.28. The summed E-state index contributed by atoms with van der Waals surface area (Å²) in [6, 6.07) is 19.1. The smallest absolute Gasteiger partial charge is 0.247 e. The highest BCUT2D eigenvalue weighted by atomic mass is 16.2. The normalized spacial score (nSPS) is 26.1. The van der Waals surface area contributed by atoms with E-state index in [1.807, 2.05) is 67.6 Å². The van der Waals surface area contributed by atoms with Gasteiger partial charge in [-0.1, -0.05) is 48.5 Å². The van der Waals surface area contributed by atoms with Gasteiger partial charge in [-0.25, -0.2) is 0 Å². The molecule has 1 amide bonds. The molecule has 1 heterocycles. The van der Waals surface area contributed by atoms with Crippen LogP contribution in [0.1, 0.15) is 12.5 Å². The zero-order chi connectivity index (χ0) is 13.5. The van der Waals surface area contributed by atoms with E-state index in [0.717, 1.165) is 11.3 Å². The lowest BCUT2D eigenvalue weighted by atomic mass is 9.74. The molecule has 0 unspecified atom stereocenters. The van der Waals surface area contributed by atoms with Crippen LogP contribution in [0.3, 0.4) is 0 Å². The number of β-lactam (4-membered cyclic amide) rings is 1. The fraction of sp³-hybridized carbons (Fsp3) is 0.188. The predicted molar refractivity (Wildman–Crippen MR) is 75.7 cm³/mol. The number of rotatable bonds is 2. The summed E-state index contributed by atoms with van der Waals surface area (Å²) in [6.07, 6.45) is 0. The largest absolute Gasteiger partial charge is 0.318 e. The molecule has 3 nitrogen and oxygen atoms in total. The maximum Gasteiger partial charge on any atom is 0.247 e. The maximum atomic E-state index is 12.2. The summed E-state index contributed by atoms with van der Waals surface area (Å²) in [4.78, 5) is 13.9. The van der Waals surface area contributed by atoms with Gasteiger partial charge in [0.15, 0.2) is 0 Å². The number of para-hydroxylation sites is 1. The number of nitrogens with two attached hydrogens (primary N) is 1. The molecule has 1 aliphatic rings. The summed E-state index contributed by atoms with van der Waals surface area (Å²) in [5.41, 5.74) is 7.55. The first-order chi connectivity index (χ1) is 9.15. The zero-order valence-corrected chi connectivity index (χ0v) is 10.8.